The Morgan fingerprint density at radius 3 is 2.90 bits per heavy atom. The van der Waals surface area contributed by atoms with Crippen LogP contribution in [0.25, 0.3) is 0 Å². The Balaban J connectivity index is 1.77. The molecule has 2 aromatic rings. The van der Waals surface area contributed by atoms with Gasteiger partial charge >= 0.3 is 0 Å². The van der Waals surface area contributed by atoms with Crippen molar-refractivity contribution in [1.29, 1.82) is 0 Å². The first kappa shape index (κ1) is 15.3. The van der Waals surface area contributed by atoms with E-state index in [-0.39, 0.29) is 0 Å². The first-order chi connectivity index (χ1) is 10.1. The summed E-state index contributed by atoms with van der Waals surface area (Å²) in [6.07, 6.45) is 2.58. The van der Waals surface area contributed by atoms with Gasteiger partial charge in [0.2, 0.25) is 0 Å². The molecule has 1 fully saturated rings. The van der Waals surface area contributed by atoms with E-state index in [4.69, 9.17) is 11.6 Å². The van der Waals surface area contributed by atoms with Crippen molar-refractivity contribution < 1.29 is 0 Å². The average molecular weight is 386 g/mol. The molecular formula is C16H18BrClN2S. The van der Waals surface area contributed by atoms with Crippen LogP contribution < -0.4 is 10.2 Å². The minimum Gasteiger partial charge on any atom is -0.369 e. The number of halogens is 2. The van der Waals surface area contributed by atoms with E-state index in [0.29, 0.717) is 6.04 Å². The second-order valence-electron chi connectivity index (χ2n) is 5.48. The van der Waals surface area contributed by atoms with Gasteiger partial charge in [0.05, 0.1) is 6.54 Å². The van der Waals surface area contributed by atoms with Gasteiger partial charge in [-0.15, -0.1) is 11.3 Å². The monoisotopic (exact) mass is 384 g/mol. The van der Waals surface area contributed by atoms with Gasteiger partial charge < -0.3 is 10.2 Å². The molecule has 2 nitrogen and oxygen atoms in total. The molecule has 0 amide bonds. The lowest BCUT2D eigenvalue weighted by atomic mass is 10.1. The number of benzene rings is 1. The van der Waals surface area contributed by atoms with E-state index < -0.39 is 0 Å². The first-order valence-electron chi connectivity index (χ1n) is 7.08. The number of hydrogen-bond donors (Lipinski definition) is 1. The maximum Gasteiger partial charge on any atom is 0.0520 e. The highest BCUT2D eigenvalue weighted by molar-refractivity contribution is 9.10. The Morgan fingerprint density at radius 1 is 1.43 bits per heavy atom. The highest BCUT2D eigenvalue weighted by Gasteiger charge is 2.21. The standard InChI is InChI=1S/C16H18BrClN2S/c1-20(9-13-7-11(17)10-21-13)16-4-2-3-15(18)14(16)8-19-12-5-6-12/h2-4,7,10,12,19H,5-6,8-9H2,1H3. The molecule has 0 spiro atoms. The van der Waals surface area contributed by atoms with Gasteiger partial charge in [-0.3, -0.25) is 0 Å². The molecule has 0 aliphatic heterocycles. The summed E-state index contributed by atoms with van der Waals surface area (Å²) in [6.45, 7) is 1.74. The van der Waals surface area contributed by atoms with Crippen LogP contribution in [-0.2, 0) is 13.1 Å². The zero-order valence-electron chi connectivity index (χ0n) is 11.9. The van der Waals surface area contributed by atoms with Crippen LogP contribution in [0.1, 0.15) is 23.3 Å². The highest BCUT2D eigenvalue weighted by atomic mass is 79.9. The third kappa shape index (κ3) is 4.01. The molecule has 0 saturated heterocycles. The highest BCUT2D eigenvalue weighted by Crippen LogP contribution is 2.30. The van der Waals surface area contributed by atoms with Gasteiger partial charge in [-0.05, 0) is 47.0 Å². The zero-order chi connectivity index (χ0) is 14.8. The van der Waals surface area contributed by atoms with E-state index in [1.54, 1.807) is 11.3 Å². The van der Waals surface area contributed by atoms with Gasteiger partial charge in [0.1, 0.15) is 0 Å². The zero-order valence-corrected chi connectivity index (χ0v) is 15.1. The lowest BCUT2D eigenvalue weighted by molar-refractivity contribution is 0.686. The Kier molecular flexibility index (Phi) is 4.89. The van der Waals surface area contributed by atoms with Crippen LogP contribution >= 0.6 is 38.9 Å². The largest absolute Gasteiger partial charge is 0.369 e. The molecule has 0 radical (unpaired) electrons. The van der Waals surface area contributed by atoms with Crippen molar-refractivity contribution in [1.82, 2.24) is 5.32 Å². The minimum atomic E-state index is 0.688. The Labute approximate surface area is 143 Å². The van der Waals surface area contributed by atoms with E-state index in [2.05, 4.69) is 50.7 Å². The van der Waals surface area contributed by atoms with Crippen LogP contribution in [0.4, 0.5) is 5.69 Å². The van der Waals surface area contributed by atoms with Crippen LogP contribution in [0.3, 0.4) is 0 Å². The van der Waals surface area contributed by atoms with Crippen molar-refractivity contribution in [3.05, 3.63) is 49.6 Å². The third-order valence-electron chi connectivity index (χ3n) is 3.67. The Bertz CT molecular complexity index is 624. The van der Waals surface area contributed by atoms with Crippen LogP contribution in [0.15, 0.2) is 34.1 Å². The van der Waals surface area contributed by atoms with Crippen LogP contribution in [0, 0.1) is 0 Å². The molecule has 112 valence electrons. The summed E-state index contributed by atoms with van der Waals surface area (Å²) in [5.41, 5.74) is 2.41. The fraction of sp³-hybridized carbons (Fsp3) is 0.375. The maximum atomic E-state index is 6.41. The molecular weight excluding hydrogens is 368 g/mol. The quantitative estimate of drug-likeness (QED) is 0.748. The van der Waals surface area contributed by atoms with Crippen molar-refractivity contribution in [2.45, 2.75) is 32.0 Å². The summed E-state index contributed by atoms with van der Waals surface area (Å²) >= 11 is 11.7. The molecule has 1 saturated carbocycles. The molecule has 21 heavy (non-hydrogen) atoms. The topological polar surface area (TPSA) is 15.3 Å². The number of anilines is 1. The number of hydrogen-bond acceptors (Lipinski definition) is 3. The molecule has 0 unspecified atom stereocenters. The third-order valence-corrected chi connectivity index (χ3v) is 5.70. The average Bonchev–Trinajstić information content (AvgIpc) is 3.19. The molecule has 1 aliphatic carbocycles. The molecule has 0 atom stereocenters. The van der Waals surface area contributed by atoms with Crippen molar-refractivity contribution in [3.8, 4) is 0 Å². The lowest BCUT2D eigenvalue weighted by Crippen LogP contribution is -2.21. The summed E-state index contributed by atoms with van der Waals surface area (Å²) in [5.74, 6) is 0. The molecule has 1 heterocycles. The molecule has 1 aliphatic rings. The van der Waals surface area contributed by atoms with Gasteiger partial charge in [-0.25, -0.2) is 0 Å². The van der Waals surface area contributed by atoms with Gasteiger partial charge in [-0.2, -0.15) is 0 Å². The second kappa shape index (κ2) is 6.69. The number of nitrogens with one attached hydrogen (secondary N) is 1. The fourth-order valence-electron chi connectivity index (χ4n) is 2.37. The van der Waals surface area contributed by atoms with Crippen molar-refractivity contribution in [3.63, 3.8) is 0 Å². The van der Waals surface area contributed by atoms with E-state index in [0.717, 1.165) is 22.6 Å². The summed E-state index contributed by atoms with van der Waals surface area (Å²) in [6, 6.07) is 9.02. The van der Waals surface area contributed by atoms with E-state index in [9.17, 15) is 0 Å². The SMILES string of the molecule is CN(Cc1cc(Br)cs1)c1cccc(Cl)c1CNC1CC1. The fourth-order valence-corrected chi connectivity index (χ4v) is 4.11. The Hall–Kier alpha value is -0.550. The normalized spacial score (nSPS) is 14.4. The summed E-state index contributed by atoms with van der Waals surface area (Å²) in [5, 5.41) is 6.53. The van der Waals surface area contributed by atoms with E-state index >= 15 is 0 Å². The van der Waals surface area contributed by atoms with Gasteiger partial charge in [0.15, 0.2) is 0 Å². The van der Waals surface area contributed by atoms with Crippen LogP contribution in [-0.4, -0.2) is 13.1 Å². The molecule has 1 N–H and O–H groups in total. The molecule has 3 rings (SSSR count). The van der Waals surface area contributed by atoms with Gasteiger partial charge in [0, 0.05) is 50.6 Å². The van der Waals surface area contributed by atoms with E-state index in [1.807, 2.05) is 12.1 Å². The predicted octanol–water partition coefficient (Wildman–Crippen LogP) is 5.05. The van der Waals surface area contributed by atoms with Crippen molar-refractivity contribution in [2.24, 2.45) is 0 Å². The van der Waals surface area contributed by atoms with Crippen molar-refractivity contribution >= 4 is 44.6 Å². The van der Waals surface area contributed by atoms with Crippen LogP contribution in [0.5, 0.6) is 0 Å². The van der Waals surface area contributed by atoms with Gasteiger partial charge in [0.25, 0.3) is 0 Å². The minimum absolute atomic E-state index is 0.688. The number of rotatable bonds is 6. The maximum absolute atomic E-state index is 6.41. The van der Waals surface area contributed by atoms with Gasteiger partial charge in [-0.1, -0.05) is 17.7 Å². The molecule has 0 bridgehead atoms. The molecule has 1 aromatic carbocycles. The summed E-state index contributed by atoms with van der Waals surface area (Å²) in [7, 11) is 2.12. The lowest BCUT2D eigenvalue weighted by Gasteiger charge is -2.23. The predicted molar refractivity (Wildman–Crippen MR) is 95.4 cm³/mol. The summed E-state index contributed by atoms with van der Waals surface area (Å²) in [4.78, 5) is 3.61. The summed E-state index contributed by atoms with van der Waals surface area (Å²) < 4.78 is 1.15. The van der Waals surface area contributed by atoms with Crippen molar-refractivity contribution in [2.75, 3.05) is 11.9 Å². The van der Waals surface area contributed by atoms with Crippen LogP contribution in [0.2, 0.25) is 5.02 Å². The Morgan fingerprint density at radius 2 is 2.24 bits per heavy atom. The molecule has 5 heteroatoms. The second-order valence-corrected chi connectivity index (χ2v) is 7.80. The number of thiophene rings is 1. The number of nitrogens with zero attached hydrogens (tertiary/aromatic N) is 1. The van der Waals surface area contributed by atoms with E-state index in [1.165, 1.54) is 29.0 Å². The molecule has 1 aromatic heterocycles. The first-order valence-corrected chi connectivity index (χ1v) is 9.13. The smallest absolute Gasteiger partial charge is 0.0520 e.